The molecule has 0 unspecified atom stereocenters. The van der Waals surface area contributed by atoms with Gasteiger partial charge in [-0.1, -0.05) is 194 Å². The zero-order valence-electron chi connectivity index (χ0n) is 32.9. The number of nitrogens with zero attached hydrogens (tertiary/aromatic N) is 1. The van der Waals surface area contributed by atoms with E-state index in [9.17, 15) is 0 Å². The molecule has 0 spiro atoms. The van der Waals surface area contributed by atoms with E-state index in [0.717, 1.165) is 61.3 Å². The zero-order chi connectivity index (χ0) is 39.8. The second-order valence-electron chi connectivity index (χ2n) is 15.2. The summed E-state index contributed by atoms with van der Waals surface area (Å²) in [5, 5.41) is 4.75. The molecule has 0 atom stereocenters. The maximum absolute atomic E-state index is 6.44. The highest BCUT2D eigenvalue weighted by Crippen LogP contribution is 2.44. The number of para-hydroxylation sites is 3. The molecule has 282 valence electrons. The Morgan fingerprint density at radius 1 is 0.283 bits per heavy atom. The summed E-state index contributed by atoms with van der Waals surface area (Å²) in [7, 11) is 0. The first-order valence-electron chi connectivity index (χ1n) is 20.5. The van der Waals surface area contributed by atoms with Gasteiger partial charge in [-0.05, 0) is 97.7 Å². The predicted molar refractivity (Wildman–Crippen MR) is 253 cm³/mol. The van der Waals surface area contributed by atoms with Crippen molar-refractivity contribution in [2.24, 2.45) is 0 Å². The lowest BCUT2D eigenvalue weighted by Crippen LogP contribution is -2.11. The Bertz CT molecular complexity index is 3290. The largest absolute Gasteiger partial charge is 0.455 e. The summed E-state index contributed by atoms with van der Waals surface area (Å²) in [5.74, 6) is 0. The van der Waals surface area contributed by atoms with Crippen molar-refractivity contribution in [1.29, 1.82) is 0 Å². The third-order valence-corrected chi connectivity index (χ3v) is 11.7. The first-order chi connectivity index (χ1) is 29.8. The van der Waals surface area contributed by atoms with Gasteiger partial charge in [0.05, 0.1) is 5.69 Å². The van der Waals surface area contributed by atoms with Crippen LogP contribution < -0.4 is 4.90 Å². The summed E-state index contributed by atoms with van der Waals surface area (Å²) in [6.45, 7) is 0. The SMILES string of the molecule is c1ccc(-c2ccc(-c3ccc(N(c4ccc(-c5cccc6c5oc5ccccc56)cc4)c4ccccc4-c4ccccc4)cc3)cc2-c2cccc3ccccc23)cc1. The Morgan fingerprint density at radius 2 is 0.800 bits per heavy atom. The van der Waals surface area contributed by atoms with Gasteiger partial charge in [0, 0.05) is 33.3 Å². The van der Waals surface area contributed by atoms with Gasteiger partial charge in [-0.25, -0.2) is 0 Å². The topological polar surface area (TPSA) is 16.4 Å². The summed E-state index contributed by atoms with van der Waals surface area (Å²) in [6.07, 6.45) is 0. The van der Waals surface area contributed by atoms with Crippen molar-refractivity contribution in [3.8, 4) is 55.6 Å². The minimum atomic E-state index is 0.903. The van der Waals surface area contributed by atoms with Crippen molar-refractivity contribution >= 4 is 49.8 Å². The maximum Gasteiger partial charge on any atom is 0.143 e. The highest BCUT2D eigenvalue weighted by atomic mass is 16.3. The van der Waals surface area contributed by atoms with Crippen molar-refractivity contribution in [2.45, 2.75) is 0 Å². The van der Waals surface area contributed by atoms with Gasteiger partial charge in [0.25, 0.3) is 0 Å². The minimum Gasteiger partial charge on any atom is -0.455 e. The van der Waals surface area contributed by atoms with Gasteiger partial charge in [-0.2, -0.15) is 0 Å². The van der Waals surface area contributed by atoms with E-state index in [0.29, 0.717) is 0 Å². The van der Waals surface area contributed by atoms with Gasteiger partial charge in [-0.15, -0.1) is 0 Å². The average Bonchev–Trinajstić information content (AvgIpc) is 3.72. The highest BCUT2D eigenvalue weighted by molar-refractivity contribution is 6.09. The summed E-state index contributed by atoms with van der Waals surface area (Å²) in [5.41, 5.74) is 16.8. The second kappa shape index (κ2) is 15.1. The molecule has 2 nitrogen and oxygen atoms in total. The Labute approximate surface area is 349 Å². The molecule has 0 saturated heterocycles. The minimum absolute atomic E-state index is 0.903. The van der Waals surface area contributed by atoms with Crippen LogP contribution in [-0.2, 0) is 0 Å². The molecule has 60 heavy (non-hydrogen) atoms. The third-order valence-electron chi connectivity index (χ3n) is 11.7. The predicted octanol–water partition coefficient (Wildman–Crippen LogP) is 16.5. The van der Waals surface area contributed by atoms with E-state index in [1.807, 2.05) is 12.1 Å². The van der Waals surface area contributed by atoms with E-state index in [1.165, 1.54) is 44.2 Å². The average molecular weight is 766 g/mol. The molecular weight excluding hydrogens is 727 g/mol. The molecule has 0 fully saturated rings. The van der Waals surface area contributed by atoms with Crippen molar-refractivity contribution in [1.82, 2.24) is 0 Å². The standard InChI is InChI=1S/C58H39NO/c1-3-15-41(16-4-1)49-38-33-45(39-55(49)52-25-13-20-42-19-7-8-21-48(42)52)40-29-34-46(35-30-40)59(56-27-11-9-22-50(56)43-17-5-2-6-18-43)47-36-31-44(32-37-47)51-24-14-26-54-53-23-10-12-28-57(53)60-58(51)54/h1-39H. The van der Waals surface area contributed by atoms with Gasteiger partial charge in [0.1, 0.15) is 11.2 Å². The number of rotatable bonds is 8. The van der Waals surface area contributed by atoms with Crippen LogP contribution in [0.3, 0.4) is 0 Å². The van der Waals surface area contributed by atoms with Gasteiger partial charge < -0.3 is 9.32 Å². The molecule has 0 aliphatic rings. The lowest BCUT2D eigenvalue weighted by molar-refractivity contribution is 0.670. The van der Waals surface area contributed by atoms with Crippen LogP contribution in [0.1, 0.15) is 0 Å². The molecule has 0 amide bonds. The van der Waals surface area contributed by atoms with Crippen LogP contribution in [0, 0.1) is 0 Å². The monoisotopic (exact) mass is 765 g/mol. The normalized spacial score (nSPS) is 11.3. The Balaban J connectivity index is 1.02. The van der Waals surface area contributed by atoms with E-state index >= 15 is 0 Å². The van der Waals surface area contributed by atoms with Gasteiger partial charge in [0.15, 0.2) is 0 Å². The number of anilines is 3. The fourth-order valence-electron chi connectivity index (χ4n) is 8.80. The van der Waals surface area contributed by atoms with Crippen molar-refractivity contribution in [3.63, 3.8) is 0 Å². The van der Waals surface area contributed by atoms with Crippen LogP contribution in [-0.4, -0.2) is 0 Å². The molecule has 0 aliphatic carbocycles. The molecular formula is C58H39NO. The van der Waals surface area contributed by atoms with Gasteiger partial charge in [-0.3, -0.25) is 0 Å². The number of fused-ring (bicyclic) bond motifs is 4. The van der Waals surface area contributed by atoms with Crippen LogP contribution in [0.15, 0.2) is 241 Å². The van der Waals surface area contributed by atoms with E-state index in [1.54, 1.807) is 0 Å². The molecule has 11 rings (SSSR count). The first kappa shape index (κ1) is 35.2. The molecule has 1 aromatic heterocycles. The number of furan rings is 1. The third kappa shape index (κ3) is 6.32. The van der Waals surface area contributed by atoms with E-state index < -0.39 is 0 Å². The van der Waals surface area contributed by atoms with Crippen molar-refractivity contribution in [3.05, 3.63) is 237 Å². The number of benzene rings is 10. The Hall–Kier alpha value is -7.94. The molecule has 0 aliphatic heterocycles. The van der Waals surface area contributed by atoms with Crippen LogP contribution in [0.5, 0.6) is 0 Å². The summed E-state index contributed by atoms with van der Waals surface area (Å²) >= 11 is 0. The van der Waals surface area contributed by atoms with E-state index in [2.05, 4.69) is 229 Å². The molecule has 0 radical (unpaired) electrons. The second-order valence-corrected chi connectivity index (χ2v) is 15.2. The molecule has 2 heteroatoms. The Morgan fingerprint density at radius 3 is 1.57 bits per heavy atom. The molecule has 0 bridgehead atoms. The van der Waals surface area contributed by atoms with E-state index in [-0.39, 0.29) is 0 Å². The van der Waals surface area contributed by atoms with Crippen LogP contribution >= 0.6 is 0 Å². The summed E-state index contributed by atoms with van der Waals surface area (Å²) in [4.78, 5) is 2.37. The van der Waals surface area contributed by atoms with Crippen molar-refractivity contribution in [2.75, 3.05) is 4.90 Å². The van der Waals surface area contributed by atoms with Crippen molar-refractivity contribution < 1.29 is 4.42 Å². The summed E-state index contributed by atoms with van der Waals surface area (Å²) in [6, 6.07) is 84.8. The molecule has 1 heterocycles. The maximum atomic E-state index is 6.44. The fraction of sp³-hybridized carbons (Fsp3) is 0. The van der Waals surface area contributed by atoms with Gasteiger partial charge >= 0.3 is 0 Å². The molecule has 10 aromatic carbocycles. The number of hydrogen-bond donors (Lipinski definition) is 0. The molecule has 11 aromatic rings. The Kier molecular flexibility index (Phi) is 8.87. The van der Waals surface area contributed by atoms with E-state index in [4.69, 9.17) is 4.42 Å². The van der Waals surface area contributed by atoms with Crippen LogP contribution in [0.2, 0.25) is 0 Å². The molecule has 0 N–H and O–H groups in total. The zero-order valence-corrected chi connectivity index (χ0v) is 32.9. The van der Waals surface area contributed by atoms with Crippen LogP contribution in [0.4, 0.5) is 17.1 Å². The van der Waals surface area contributed by atoms with Crippen LogP contribution in [0.25, 0.3) is 88.3 Å². The van der Waals surface area contributed by atoms with Gasteiger partial charge in [0.2, 0.25) is 0 Å². The molecule has 0 saturated carbocycles. The number of hydrogen-bond acceptors (Lipinski definition) is 2. The first-order valence-corrected chi connectivity index (χ1v) is 20.5. The lowest BCUT2D eigenvalue weighted by atomic mass is 9.89. The smallest absolute Gasteiger partial charge is 0.143 e. The summed E-state index contributed by atoms with van der Waals surface area (Å²) < 4.78 is 6.44. The highest BCUT2D eigenvalue weighted by Gasteiger charge is 2.19. The lowest BCUT2D eigenvalue weighted by Gasteiger charge is -2.28. The quantitative estimate of drug-likeness (QED) is 0.153. The fourth-order valence-corrected chi connectivity index (χ4v) is 8.80.